The van der Waals surface area contributed by atoms with Crippen molar-refractivity contribution in [1.29, 1.82) is 0 Å². The average Bonchev–Trinajstić information content (AvgIpc) is 3.27. The summed E-state index contributed by atoms with van der Waals surface area (Å²) in [6.45, 7) is 2.90. The smallest absolute Gasteiger partial charge is 0.274 e. The average molecular weight is 538 g/mol. The number of methoxy groups -OCH3 is 1. The van der Waals surface area contributed by atoms with Crippen LogP contribution >= 0.6 is 23.2 Å². The summed E-state index contributed by atoms with van der Waals surface area (Å²) in [5.74, 6) is 0.161. The molecule has 3 aromatic heterocycles. The molecule has 2 bridgehead atoms. The summed E-state index contributed by atoms with van der Waals surface area (Å²) in [7, 11) is 1.52. The third-order valence-electron chi connectivity index (χ3n) is 6.93. The second-order valence-electron chi connectivity index (χ2n) is 9.28. The fraction of sp³-hybridized carbons (Fsp3) is 0.296. The molecule has 10 heteroatoms. The van der Waals surface area contributed by atoms with E-state index in [4.69, 9.17) is 37.7 Å². The number of benzene rings is 1. The molecule has 0 saturated carbocycles. The molecule has 2 aliphatic rings. The molecule has 1 amide bonds. The first-order valence-electron chi connectivity index (χ1n) is 12.1. The maximum Gasteiger partial charge on any atom is 0.274 e. The van der Waals surface area contributed by atoms with Gasteiger partial charge in [0.1, 0.15) is 5.65 Å². The molecule has 190 valence electrons. The molecule has 2 atom stereocenters. The molecule has 1 aromatic carbocycles. The first kappa shape index (κ1) is 24.2. The van der Waals surface area contributed by atoms with Crippen molar-refractivity contribution >= 4 is 34.8 Å². The van der Waals surface area contributed by atoms with Crippen molar-refractivity contribution in [1.82, 2.24) is 24.2 Å². The molecule has 2 unspecified atom stereocenters. The van der Waals surface area contributed by atoms with Crippen molar-refractivity contribution in [3.05, 3.63) is 82.2 Å². The van der Waals surface area contributed by atoms with Gasteiger partial charge in [-0.3, -0.25) is 9.69 Å². The molecule has 8 nitrogen and oxygen atoms in total. The molecule has 37 heavy (non-hydrogen) atoms. The van der Waals surface area contributed by atoms with E-state index in [1.165, 1.54) is 7.11 Å². The summed E-state index contributed by atoms with van der Waals surface area (Å²) in [6.07, 6.45) is 2.04. The normalized spacial score (nSPS) is 19.8. The number of morpholine rings is 1. The Kier molecular flexibility index (Phi) is 6.50. The molecular weight excluding hydrogens is 513 g/mol. The highest BCUT2D eigenvalue weighted by molar-refractivity contribution is 6.33. The number of carbonyl (C=O) groups excluding carboxylic acids is 1. The van der Waals surface area contributed by atoms with Gasteiger partial charge in [0.25, 0.3) is 5.91 Å². The number of rotatable bonds is 5. The van der Waals surface area contributed by atoms with Crippen molar-refractivity contribution < 1.29 is 14.3 Å². The van der Waals surface area contributed by atoms with E-state index in [1.54, 1.807) is 12.1 Å². The third-order valence-corrected chi connectivity index (χ3v) is 7.49. The van der Waals surface area contributed by atoms with Crippen LogP contribution in [0.5, 0.6) is 5.88 Å². The first-order chi connectivity index (χ1) is 18.0. The van der Waals surface area contributed by atoms with Gasteiger partial charge in [0, 0.05) is 42.5 Å². The molecule has 4 aromatic rings. The summed E-state index contributed by atoms with van der Waals surface area (Å²) >= 11 is 12.5. The highest BCUT2D eigenvalue weighted by Gasteiger charge is 2.42. The zero-order chi connectivity index (χ0) is 25.5. The highest BCUT2D eigenvalue weighted by Crippen LogP contribution is 2.31. The van der Waals surface area contributed by atoms with Crippen molar-refractivity contribution in [3.63, 3.8) is 0 Å². The minimum Gasteiger partial charge on any atom is -0.481 e. The lowest BCUT2D eigenvalue weighted by Crippen LogP contribution is -2.66. The number of hydrogen-bond donors (Lipinski definition) is 0. The van der Waals surface area contributed by atoms with Gasteiger partial charge >= 0.3 is 0 Å². The Bertz CT molecular complexity index is 1440. The number of nitrogens with zero attached hydrogens (tertiary/aromatic N) is 5. The molecular formula is C27H25Cl2N5O3. The summed E-state index contributed by atoms with van der Waals surface area (Å²) < 4.78 is 13.2. The summed E-state index contributed by atoms with van der Waals surface area (Å²) in [5, 5.41) is 0.999. The fourth-order valence-corrected chi connectivity index (χ4v) is 5.58. The van der Waals surface area contributed by atoms with Crippen LogP contribution in [0.15, 0.2) is 60.8 Å². The Balaban J connectivity index is 1.29. The van der Waals surface area contributed by atoms with E-state index >= 15 is 0 Å². The standard InChI is InChI=1S/C27H25Cl2N5O3/c1-36-24-10-9-21(29)26(31-24)27(35)34-19-12-32(13-20(34)16-37-15-19)14-22-25(17-5-7-18(28)8-6-17)30-23-4-2-3-11-33(22)23/h2-11,19-20H,12-16H2,1H3. The molecule has 0 spiro atoms. The maximum atomic E-state index is 13.6. The van der Waals surface area contributed by atoms with Crippen LogP contribution in [0, 0.1) is 0 Å². The van der Waals surface area contributed by atoms with E-state index < -0.39 is 0 Å². The monoisotopic (exact) mass is 537 g/mol. The van der Waals surface area contributed by atoms with Crippen LogP contribution in [0.2, 0.25) is 10.0 Å². The van der Waals surface area contributed by atoms with Gasteiger partial charge in [-0.25, -0.2) is 9.97 Å². The van der Waals surface area contributed by atoms with Gasteiger partial charge in [-0.2, -0.15) is 0 Å². The van der Waals surface area contributed by atoms with Crippen LogP contribution in [0.1, 0.15) is 16.2 Å². The van der Waals surface area contributed by atoms with Gasteiger partial charge in [0.15, 0.2) is 5.69 Å². The van der Waals surface area contributed by atoms with Gasteiger partial charge in [-0.1, -0.05) is 41.4 Å². The number of piperazine rings is 1. The second-order valence-corrected chi connectivity index (χ2v) is 10.1. The largest absolute Gasteiger partial charge is 0.481 e. The molecule has 0 radical (unpaired) electrons. The van der Waals surface area contributed by atoms with Gasteiger partial charge in [-0.05, 0) is 30.3 Å². The highest BCUT2D eigenvalue weighted by atomic mass is 35.5. The fourth-order valence-electron chi connectivity index (χ4n) is 5.27. The molecule has 0 aliphatic carbocycles. The number of aromatic nitrogens is 3. The Morgan fingerprint density at radius 3 is 2.51 bits per heavy atom. The predicted octanol–water partition coefficient (Wildman–Crippen LogP) is 4.44. The first-order valence-corrected chi connectivity index (χ1v) is 12.8. The van der Waals surface area contributed by atoms with Crippen LogP contribution in [-0.4, -0.2) is 75.6 Å². The zero-order valence-corrected chi connectivity index (χ0v) is 21.7. The van der Waals surface area contributed by atoms with E-state index in [0.29, 0.717) is 48.8 Å². The van der Waals surface area contributed by atoms with Gasteiger partial charge in [-0.15, -0.1) is 0 Å². The zero-order valence-electron chi connectivity index (χ0n) is 20.2. The van der Waals surface area contributed by atoms with Crippen LogP contribution < -0.4 is 4.74 Å². The number of amides is 1. The van der Waals surface area contributed by atoms with Crippen molar-refractivity contribution in [2.24, 2.45) is 0 Å². The number of halogens is 2. The van der Waals surface area contributed by atoms with Crippen LogP contribution in [-0.2, 0) is 11.3 Å². The molecule has 2 aliphatic heterocycles. The van der Waals surface area contributed by atoms with Gasteiger partial charge < -0.3 is 18.8 Å². The molecule has 2 saturated heterocycles. The number of carbonyl (C=O) groups is 1. The number of fused-ring (bicyclic) bond motifs is 3. The van der Waals surface area contributed by atoms with Crippen LogP contribution in [0.25, 0.3) is 16.9 Å². The maximum absolute atomic E-state index is 13.6. The number of hydrogen-bond acceptors (Lipinski definition) is 6. The van der Waals surface area contributed by atoms with E-state index in [9.17, 15) is 4.79 Å². The Labute approximate surface area is 224 Å². The number of ether oxygens (including phenoxy) is 2. The Morgan fingerprint density at radius 2 is 1.78 bits per heavy atom. The Hall–Kier alpha value is -3.17. The predicted molar refractivity (Wildman–Crippen MR) is 141 cm³/mol. The lowest BCUT2D eigenvalue weighted by Gasteiger charge is -2.49. The van der Waals surface area contributed by atoms with Crippen molar-refractivity contribution in [2.45, 2.75) is 18.6 Å². The topological polar surface area (TPSA) is 72.2 Å². The summed E-state index contributed by atoms with van der Waals surface area (Å²) in [5.41, 5.74) is 4.13. The minimum atomic E-state index is -0.196. The molecule has 0 N–H and O–H groups in total. The Morgan fingerprint density at radius 1 is 1.03 bits per heavy atom. The van der Waals surface area contributed by atoms with E-state index in [-0.39, 0.29) is 23.7 Å². The van der Waals surface area contributed by atoms with Crippen molar-refractivity contribution in [2.75, 3.05) is 33.4 Å². The number of imidazole rings is 1. The van der Waals surface area contributed by atoms with E-state index in [2.05, 4.69) is 14.3 Å². The summed E-state index contributed by atoms with van der Waals surface area (Å²) in [6, 6.07) is 16.8. The van der Waals surface area contributed by atoms with Crippen LogP contribution in [0.4, 0.5) is 0 Å². The van der Waals surface area contributed by atoms with Gasteiger partial charge in [0.2, 0.25) is 5.88 Å². The lowest BCUT2D eigenvalue weighted by atomic mass is 10.0. The molecule has 5 heterocycles. The van der Waals surface area contributed by atoms with Crippen LogP contribution in [0.3, 0.4) is 0 Å². The summed E-state index contributed by atoms with van der Waals surface area (Å²) in [4.78, 5) is 27.1. The second kappa shape index (κ2) is 9.95. The SMILES string of the molecule is COc1ccc(Cl)c(C(=O)N2C3COCC2CN(Cc2c(-c4ccc(Cl)cc4)nc4ccccn24)C3)n1. The van der Waals surface area contributed by atoms with E-state index in [0.717, 1.165) is 22.6 Å². The lowest BCUT2D eigenvalue weighted by molar-refractivity contribution is -0.0818. The van der Waals surface area contributed by atoms with Gasteiger partial charge in [0.05, 0.1) is 48.8 Å². The van der Waals surface area contributed by atoms with Crippen molar-refractivity contribution in [3.8, 4) is 17.1 Å². The molecule has 2 fully saturated rings. The third kappa shape index (κ3) is 4.55. The quantitative estimate of drug-likeness (QED) is 0.374. The number of pyridine rings is 2. The van der Waals surface area contributed by atoms with E-state index in [1.807, 2.05) is 53.6 Å². The molecule has 6 rings (SSSR count). The minimum absolute atomic E-state index is 0.123.